The molecule has 1 aliphatic heterocycles. The van der Waals surface area contributed by atoms with Gasteiger partial charge in [-0.2, -0.15) is 0 Å². The normalized spacial score (nSPS) is 31.8. The van der Waals surface area contributed by atoms with E-state index in [0.717, 1.165) is 24.5 Å². The molecule has 0 aromatic carbocycles. The summed E-state index contributed by atoms with van der Waals surface area (Å²) in [6.45, 7) is 10.2. The first-order valence-electron chi connectivity index (χ1n) is 7.59. The number of rotatable bonds is 6. The Labute approximate surface area is 112 Å². The highest BCUT2D eigenvalue weighted by atomic mass is 16.5. The minimum Gasteiger partial charge on any atom is -0.383 e. The fourth-order valence-corrected chi connectivity index (χ4v) is 3.35. The molecule has 0 aromatic rings. The molecule has 1 N–H and O–H groups in total. The average molecular weight is 254 g/mol. The van der Waals surface area contributed by atoms with Gasteiger partial charge in [-0.1, -0.05) is 13.8 Å². The number of nitrogens with one attached hydrogen (secondary N) is 1. The van der Waals surface area contributed by atoms with Crippen LogP contribution in [0.3, 0.4) is 0 Å². The minimum absolute atomic E-state index is 0.553. The van der Waals surface area contributed by atoms with Crippen LogP contribution in [0.2, 0.25) is 0 Å². The number of hydrogen-bond acceptors (Lipinski definition) is 3. The first-order valence-corrected chi connectivity index (χ1v) is 7.59. The molecule has 1 heterocycles. The van der Waals surface area contributed by atoms with Crippen molar-refractivity contribution >= 4 is 0 Å². The van der Waals surface area contributed by atoms with Gasteiger partial charge in [0.1, 0.15) is 0 Å². The summed E-state index contributed by atoms with van der Waals surface area (Å²) in [5, 5.41) is 3.77. The van der Waals surface area contributed by atoms with Gasteiger partial charge in [-0.3, -0.25) is 4.90 Å². The molecule has 0 aromatic heterocycles. The first-order chi connectivity index (χ1) is 8.61. The summed E-state index contributed by atoms with van der Waals surface area (Å²) < 4.78 is 5.36. The first kappa shape index (κ1) is 14.3. The Bertz CT molecular complexity index is 253. The lowest BCUT2D eigenvalue weighted by molar-refractivity contribution is 0.0302. The summed E-state index contributed by atoms with van der Waals surface area (Å²) in [5.41, 5.74) is 0. The zero-order valence-corrected chi connectivity index (χ0v) is 12.5. The third-order valence-electron chi connectivity index (χ3n) is 4.37. The molecular weight excluding hydrogens is 224 g/mol. The smallest absolute Gasteiger partial charge is 0.0615 e. The van der Waals surface area contributed by atoms with E-state index in [9.17, 15) is 0 Å². The Morgan fingerprint density at radius 1 is 1.28 bits per heavy atom. The van der Waals surface area contributed by atoms with Crippen molar-refractivity contribution in [3.63, 3.8) is 0 Å². The highest BCUT2D eigenvalue weighted by Crippen LogP contribution is 2.37. The third kappa shape index (κ3) is 3.69. The van der Waals surface area contributed by atoms with Crippen LogP contribution in [0.15, 0.2) is 0 Å². The lowest BCUT2D eigenvalue weighted by Crippen LogP contribution is -2.60. The van der Waals surface area contributed by atoms with Crippen molar-refractivity contribution in [1.82, 2.24) is 10.2 Å². The van der Waals surface area contributed by atoms with Gasteiger partial charge in [0, 0.05) is 38.3 Å². The van der Waals surface area contributed by atoms with Crippen LogP contribution in [0.4, 0.5) is 0 Å². The van der Waals surface area contributed by atoms with Crippen LogP contribution in [-0.2, 0) is 4.74 Å². The predicted octanol–water partition coefficient (Wildman–Crippen LogP) is 2.12. The molecule has 18 heavy (non-hydrogen) atoms. The number of ether oxygens (including phenoxy) is 1. The van der Waals surface area contributed by atoms with E-state index in [0.29, 0.717) is 12.1 Å². The topological polar surface area (TPSA) is 24.5 Å². The van der Waals surface area contributed by atoms with Crippen LogP contribution in [0.25, 0.3) is 0 Å². The zero-order chi connectivity index (χ0) is 13.1. The second kappa shape index (κ2) is 6.36. The lowest BCUT2D eigenvalue weighted by atomic mass is 9.97. The standard InChI is InChI=1S/C15H30N2O/c1-11(2)7-14-9-17(12(3)10-18-4)15(8-16-14)13-5-6-13/h11-16H,5-10H2,1-4H3. The monoisotopic (exact) mass is 254 g/mol. The fourth-order valence-electron chi connectivity index (χ4n) is 3.35. The number of nitrogens with zero attached hydrogens (tertiary/aromatic N) is 1. The summed E-state index contributed by atoms with van der Waals surface area (Å²) in [4.78, 5) is 2.71. The summed E-state index contributed by atoms with van der Waals surface area (Å²) >= 11 is 0. The van der Waals surface area contributed by atoms with Crippen molar-refractivity contribution in [2.75, 3.05) is 26.8 Å². The predicted molar refractivity (Wildman–Crippen MR) is 75.8 cm³/mol. The molecule has 1 aliphatic carbocycles. The summed E-state index contributed by atoms with van der Waals surface area (Å²) in [7, 11) is 1.82. The van der Waals surface area contributed by atoms with Crippen molar-refractivity contribution < 1.29 is 4.74 Å². The maximum Gasteiger partial charge on any atom is 0.0615 e. The molecule has 3 nitrogen and oxygen atoms in total. The average Bonchev–Trinajstić information content (AvgIpc) is 3.12. The van der Waals surface area contributed by atoms with Crippen LogP contribution in [0.1, 0.15) is 40.0 Å². The molecule has 106 valence electrons. The maximum atomic E-state index is 5.36. The van der Waals surface area contributed by atoms with Crippen LogP contribution >= 0.6 is 0 Å². The molecule has 2 aliphatic rings. The van der Waals surface area contributed by atoms with Gasteiger partial charge in [0.2, 0.25) is 0 Å². The molecule has 1 saturated heterocycles. The zero-order valence-electron chi connectivity index (χ0n) is 12.5. The number of hydrogen-bond donors (Lipinski definition) is 1. The van der Waals surface area contributed by atoms with E-state index in [4.69, 9.17) is 4.74 Å². The largest absolute Gasteiger partial charge is 0.383 e. The summed E-state index contributed by atoms with van der Waals surface area (Å²) in [6, 6.07) is 1.97. The van der Waals surface area contributed by atoms with E-state index in [2.05, 4.69) is 31.0 Å². The number of piperazine rings is 1. The molecular formula is C15H30N2O. The third-order valence-corrected chi connectivity index (χ3v) is 4.37. The lowest BCUT2D eigenvalue weighted by Gasteiger charge is -2.44. The quantitative estimate of drug-likeness (QED) is 0.786. The Kier molecular flexibility index (Phi) is 5.05. The second-order valence-corrected chi connectivity index (χ2v) is 6.64. The van der Waals surface area contributed by atoms with E-state index in [1.165, 1.54) is 32.4 Å². The van der Waals surface area contributed by atoms with Gasteiger partial charge in [-0.05, 0) is 38.0 Å². The van der Waals surface area contributed by atoms with Crippen LogP contribution in [0, 0.1) is 11.8 Å². The van der Waals surface area contributed by atoms with E-state index in [1.807, 2.05) is 7.11 Å². The summed E-state index contributed by atoms with van der Waals surface area (Å²) in [6.07, 6.45) is 4.14. The van der Waals surface area contributed by atoms with Gasteiger partial charge in [0.25, 0.3) is 0 Å². The van der Waals surface area contributed by atoms with Gasteiger partial charge in [0.15, 0.2) is 0 Å². The van der Waals surface area contributed by atoms with Gasteiger partial charge < -0.3 is 10.1 Å². The van der Waals surface area contributed by atoms with Crippen molar-refractivity contribution in [3.05, 3.63) is 0 Å². The highest BCUT2D eigenvalue weighted by Gasteiger charge is 2.40. The molecule has 0 spiro atoms. The SMILES string of the molecule is COCC(C)N1CC(CC(C)C)NCC1C1CC1. The second-order valence-electron chi connectivity index (χ2n) is 6.64. The molecule has 0 amide bonds. The fraction of sp³-hybridized carbons (Fsp3) is 1.00. The van der Waals surface area contributed by atoms with E-state index < -0.39 is 0 Å². The Hall–Kier alpha value is -0.120. The van der Waals surface area contributed by atoms with Gasteiger partial charge in [0.05, 0.1) is 6.61 Å². The maximum absolute atomic E-state index is 5.36. The van der Waals surface area contributed by atoms with E-state index in [1.54, 1.807) is 0 Å². The number of methoxy groups -OCH3 is 1. The van der Waals surface area contributed by atoms with E-state index in [-0.39, 0.29) is 0 Å². The molecule has 2 rings (SSSR count). The van der Waals surface area contributed by atoms with Gasteiger partial charge >= 0.3 is 0 Å². The van der Waals surface area contributed by atoms with Crippen LogP contribution in [-0.4, -0.2) is 49.8 Å². The molecule has 3 unspecified atom stereocenters. The van der Waals surface area contributed by atoms with Crippen molar-refractivity contribution in [3.8, 4) is 0 Å². The summed E-state index contributed by atoms with van der Waals surface area (Å²) in [5.74, 6) is 1.72. The molecule has 1 saturated carbocycles. The van der Waals surface area contributed by atoms with Crippen LogP contribution < -0.4 is 5.32 Å². The van der Waals surface area contributed by atoms with Crippen molar-refractivity contribution in [2.24, 2.45) is 11.8 Å². The highest BCUT2D eigenvalue weighted by molar-refractivity contribution is 4.96. The minimum atomic E-state index is 0.553. The Morgan fingerprint density at radius 2 is 2.00 bits per heavy atom. The van der Waals surface area contributed by atoms with Crippen molar-refractivity contribution in [1.29, 1.82) is 0 Å². The Balaban J connectivity index is 1.94. The Morgan fingerprint density at radius 3 is 2.56 bits per heavy atom. The van der Waals surface area contributed by atoms with E-state index >= 15 is 0 Å². The molecule has 0 radical (unpaired) electrons. The molecule has 2 fully saturated rings. The molecule has 3 atom stereocenters. The molecule has 3 heteroatoms. The van der Waals surface area contributed by atoms with Crippen molar-refractivity contribution in [2.45, 2.75) is 58.2 Å². The van der Waals surface area contributed by atoms with Gasteiger partial charge in [-0.15, -0.1) is 0 Å². The molecule has 0 bridgehead atoms. The van der Waals surface area contributed by atoms with Gasteiger partial charge in [-0.25, -0.2) is 0 Å². The van der Waals surface area contributed by atoms with Crippen LogP contribution in [0.5, 0.6) is 0 Å².